The van der Waals surface area contributed by atoms with Crippen molar-refractivity contribution in [3.63, 3.8) is 0 Å². The fourth-order valence-electron chi connectivity index (χ4n) is 2.95. The molecule has 2 aliphatic heterocycles. The summed E-state index contributed by atoms with van der Waals surface area (Å²) in [6, 6.07) is -1.63. The molecule has 0 aliphatic carbocycles. The SMILES string of the molecule is CC1CCN(C(=O)N2C[C@H](O)C[C@@H]2C(=O)O)C1CO. The van der Waals surface area contributed by atoms with Gasteiger partial charge in [0.25, 0.3) is 0 Å². The molecule has 4 atom stereocenters. The molecule has 0 radical (unpaired) electrons. The van der Waals surface area contributed by atoms with E-state index in [-0.39, 0.29) is 31.5 Å². The maximum absolute atomic E-state index is 12.4. The van der Waals surface area contributed by atoms with E-state index in [4.69, 9.17) is 5.11 Å². The number of rotatable bonds is 2. The highest BCUT2D eigenvalue weighted by atomic mass is 16.4. The smallest absolute Gasteiger partial charge is 0.326 e. The van der Waals surface area contributed by atoms with Gasteiger partial charge in [-0.2, -0.15) is 0 Å². The fraction of sp³-hybridized carbons (Fsp3) is 0.833. The van der Waals surface area contributed by atoms with Gasteiger partial charge in [-0.05, 0) is 12.3 Å². The molecule has 0 aromatic heterocycles. The van der Waals surface area contributed by atoms with Crippen molar-refractivity contribution in [2.45, 2.75) is 38.0 Å². The second-order valence-corrected chi connectivity index (χ2v) is 5.39. The summed E-state index contributed by atoms with van der Waals surface area (Å²) in [7, 11) is 0. The summed E-state index contributed by atoms with van der Waals surface area (Å²) < 4.78 is 0. The van der Waals surface area contributed by atoms with E-state index in [0.29, 0.717) is 6.54 Å². The molecule has 0 aromatic carbocycles. The molecule has 2 fully saturated rings. The number of hydrogen-bond acceptors (Lipinski definition) is 4. The summed E-state index contributed by atoms with van der Waals surface area (Å²) in [6.45, 7) is 2.39. The number of nitrogens with zero attached hydrogens (tertiary/aromatic N) is 2. The third-order valence-electron chi connectivity index (χ3n) is 4.13. The first-order valence-corrected chi connectivity index (χ1v) is 6.54. The van der Waals surface area contributed by atoms with E-state index in [9.17, 15) is 19.8 Å². The first kappa shape index (κ1) is 14.1. The van der Waals surface area contributed by atoms with Crippen LogP contribution in [0.15, 0.2) is 0 Å². The van der Waals surface area contributed by atoms with E-state index in [1.165, 1.54) is 9.80 Å². The van der Waals surface area contributed by atoms with Gasteiger partial charge < -0.3 is 25.1 Å². The summed E-state index contributed by atoms with van der Waals surface area (Å²) >= 11 is 0. The Hall–Kier alpha value is -1.34. The number of aliphatic carboxylic acids is 1. The Balaban J connectivity index is 2.12. The van der Waals surface area contributed by atoms with Gasteiger partial charge in [0, 0.05) is 19.5 Å². The highest BCUT2D eigenvalue weighted by molar-refractivity contribution is 5.84. The molecule has 3 N–H and O–H groups in total. The zero-order valence-corrected chi connectivity index (χ0v) is 10.9. The van der Waals surface area contributed by atoms with E-state index in [0.717, 1.165) is 6.42 Å². The first-order chi connectivity index (χ1) is 8.95. The minimum absolute atomic E-state index is 0.0405. The number of urea groups is 1. The number of carbonyl (C=O) groups excluding carboxylic acids is 1. The molecule has 2 rings (SSSR count). The number of carboxylic acids is 1. The normalized spacial score (nSPS) is 34.9. The molecule has 2 amide bonds. The first-order valence-electron chi connectivity index (χ1n) is 6.54. The number of aliphatic hydroxyl groups is 2. The van der Waals surface area contributed by atoms with E-state index in [1.807, 2.05) is 6.92 Å². The predicted molar refractivity (Wildman–Crippen MR) is 65.5 cm³/mol. The van der Waals surface area contributed by atoms with Gasteiger partial charge in [0.1, 0.15) is 6.04 Å². The lowest BCUT2D eigenvalue weighted by Crippen LogP contribution is -2.51. The van der Waals surface area contributed by atoms with Crippen LogP contribution in [0.2, 0.25) is 0 Å². The van der Waals surface area contributed by atoms with E-state index in [1.54, 1.807) is 0 Å². The van der Waals surface area contributed by atoms with Crippen molar-refractivity contribution >= 4 is 12.0 Å². The maximum Gasteiger partial charge on any atom is 0.326 e. The van der Waals surface area contributed by atoms with Crippen LogP contribution in [0.5, 0.6) is 0 Å². The van der Waals surface area contributed by atoms with Gasteiger partial charge >= 0.3 is 12.0 Å². The molecular formula is C12H20N2O5. The van der Waals surface area contributed by atoms with E-state index >= 15 is 0 Å². The van der Waals surface area contributed by atoms with Gasteiger partial charge in [-0.15, -0.1) is 0 Å². The highest BCUT2D eigenvalue weighted by Gasteiger charge is 2.44. The summed E-state index contributed by atoms with van der Waals surface area (Å²) in [5.41, 5.74) is 0. The Morgan fingerprint density at radius 1 is 1.32 bits per heavy atom. The van der Waals surface area contributed by atoms with Crippen molar-refractivity contribution in [2.75, 3.05) is 19.7 Å². The van der Waals surface area contributed by atoms with Gasteiger partial charge in [-0.25, -0.2) is 9.59 Å². The molecular weight excluding hydrogens is 252 g/mol. The zero-order valence-electron chi connectivity index (χ0n) is 10.9. The molecule has 7 nitrogen and oxygen atoms in total. The van der Waals surface area contributed by atoms with Crippen LogP contribution in [0.4, 0.5) is 4.79 Å². The summed E-state index contributed by atoms with van der Waals surface area (Å²) in [5, 5.41) is 28.0. The second-order valence-electron chi connectivity index (χ2n) is 5.39. The Morgan fingerprint density at radius 2 is 2.00 bits per heavy atom. The standard InChI is InChI=1S/C12H20N2O5/c1-7-2-3-13(10(7)6-15)12(19)14-5-8(16)4-9(14)11(17)18/h7-10,15-16H,2-6H2,1H3,(H,17,18)/t7?,8-,9-,10?/m1/s1. The lowest BCUT2D eigenvalue weighted by atomic mass is 10.0. The van der Waals surface area contributed by atoms with Crippen LogP contribution >= 0.6 is 0 Å². The van der Waals surface area contributed by atoms with E-state index in [2.05, 4.69) is 0 Å². The number of aliphatic hydroxyl groups excluding tert-OH is 2. The number of β-amino-alcohol motifs (C(OH)–C–C–N with tert-alkyl or cyclic N) is 1. The van der Waals surface area contributed by atoms with Crippen LogP contribution in [0.3, 0.4) is 0 Å². The molecule has 2 unspecified atom stereocenters. The molecule has 108 valence electrons. The summed E-state index contributed by atoms with van der Waals surface area (Å²) in [6.07, 6.45) is 0.0666. The van der Waals surface area contributed by atoms with Crippen LogP contribution in [0.1, 0.15) is 19.8 Å². The maximum atomic E-state index is 12.4. The fourth-order valence-corrected chi connectivity index (χ4v) is 2.95. The van der Waals surface area contributed by atoms with Crippen molar-refractivity contribution in [3.8, 4) is 0 Å². The van der Waals surface area contributed by atoms with Gasteiger partial charge in [-0.3, -0.25) is 0 Å². The quantitative estimate of drug-likeness (QED) is 0.619. The molecule has 7 heteroatoms. The van der Waals surface area contributed by atoms with Crippen LogP contribution in [0, 0.1) is 5.92 Å². The Bertz CT molecular complexity index is 375. The monoisotopic (exact) mass is 272 g/mol. The lowest BCUT2D eigenvalue weighted by molar-refractivity contribution is -0.141. The Labute approximate surface area is 111 Å². The number of carboxylic acid groups (broad SMARTS) is 1. The Morgan fingerprint density at radius 3 is 2.58 bits per heavy atom. The van der Waals surface area contributed by atoms with Crippen molar-refractivity contribution in [3.05, 3.63) is 0 Å². The topological polar surface area (TPSA) is 101 Å². The minimum Gasteiger partial charge on any atom is -0.480 e. The molecule has 0 saturated carbocycles. The minimum atomic E-state index is -1.10. The molecule has 2 saturated heterocycles. The molecule has 0 bridgehead atoms. The number of hydrogen-bond donors (Lipinski definition) is 3. The Kier molecular flexibility index (Phi) is 3.96. The number of likely N-dealkylation sites (tertiary alicyclic amines) is 2. The molecule has 19 heavy (non-hydrogen) atoms. The summed E-state index contributed by atoms with van der Waals surface area (Å²) in [5.74, 6) is -0.901. The van der Waals surface area contributed by atoms with Crippen LogP contribution in [-0.4, -0.2) is 75.0 Å². The van der Waals surface area contributed by atoms with Crippen LogP contribution in [0.25, 0.3) is 0 Å². The van der Waals surface area contributed by atoms with Crippen molar-refractivity contribution in [1.82, 2.24) is 9.80 Å². The van der Waals surface area contributed by atoms with Gasteiger partial charge in [0.15, 0.2) is 0 Å². The lowest BCUT2D eigenvalue weighted by Gasteiger charge is -2.31. The van der Waals surface area contributed by atoms with Crippen molar-refractivity contribution in [1.29, 1.82) is 0 Å². The third kappa shape index (κ3) is 2.52. The second kappa shape index (κ2) is 5.34. The number of amides is 2. The van der Waals surface area contributed by atoms with Gasteiger partial charge in [0.05, 0.1) is 18.8 Å². The zero-order chi connectivity index (χ0) is 14.2. The van der Waals surface area contributed by atoms with Crippen molar-refractivity contribution < 1.29 is 24.9 Å². The van der Waals surface area contributed by atoms with Crippen LogP contribution < -0.4 is 0 Å². The third-order valence-corrected chi connectivity index (χ3v) is 4.13. The van der Waals surface area contributed by atoms with E-state index < -0.39 is 24.1 Å². The van der Waals surface area contributed by atoms with Crippen molar-refractivity contribution in [2.24, 2.45) is 5.92 Å². The average molecular weight is 272 g/mol. The van der Waals surface area contributed by atoms with Crippen LogP contribution in [-0.2, 0) is 4.79 Å². The average Bonchev–Trinajstić information content (AvgIpc) is 2.91. The summed E-state index contributed by atoms with van der Waals surface area (Å²) in [4.78, 5) is 26.2. The van der Waals surface area contributed by atoms with Gasteiger partial charge in [0.2, 0.25) is 0 Å². The largest absolute Gasteiger partial charge is 0.480 e. The predicted octanol–water partition coefficient (Wildman–Crippen LogP) is -0.671. The highest BCUT2D eigenvalue weighted by Crippen LogP contribution is 2.27. The van der Waals surface area contributed by atoms with Gasteiger partial charge in [-0.1, -0.05) is 6.92 Å². The molecule has 2 heterocycles. The molecule has 0 aromatic rings. The molecule has 2 aliphatic rings. The molecule has 0 spiro atoms. The number of carbonyl (C=O) groups is 2.